The van der Waals surface area contributed by atoms with Gasteiger partial charge in [0.25, 0.3) is 0 Å². The first-order chi connectivity index (χ1) is 8.86. The predicted molar refractivity (Wildman–Crippen MR) is 65.0 cm³/mol. The van der Waals surface area contributed by atoms with Gasteiger partial charge in [-0.3, -0.25) is 0 Å². The van der Waals surface area contributed by atoms with Crippen LogP contribution in [-0.4, -0.2) is 30.3 Å². The first kappa shape index (κ1) is 10.8. The molecule has 0 aliphatic carbocycles. The summed E-state index contributed by atoms with van der Waals surface area (Å²) < 4.78 is 16.1. The largest absolute Gasteiger partial charge is 0.486 e. The molecule has 0 atom stereocenters. The van der Waals surface area contributed by atoms with Gasteiger partial charge in [0.15, 0.2) is 11.5 Å². The Bertz CT molecular complexity index is 572. The molecule has 0 unspecified atom stereocenters. The molecule has 92 valence electrons. The monoisotopic (exact) mass is 244 g/mol. The average Bonchev–Trinajstić information content (AvgIpc) is 2.47. The summed E-state index contributed by atoms with van der Waals surface area (Å²) in [4.78, 5) is 8.20. The van der Waals surface area contributed by atoms with Crippen molar-refractivity contribution in [2.75, 3.05) is 20.3 Å². The molecule has 0 fully saturated rings. The first-order valence-corrected chi connectivity index (χ1v) is 5.63. The number of hydrogen-bond acceptors (Lipinski definition) is 5. The quantitative estimate of drug-likeness (QED) is 0.807. The van der Waals surface area contributed by atoms with Crippen LogP contribution in [0.2, 0.25) is 0 Å². The van der Waals surface area contributed by atoms with Gasteiger partial charge in [-0.1, -0.05) is 0 Å². The van der Waals surface area contributed by atoms with E-state index in [2.05, 4.69) is 9.97 Å². The summed E-state index contributed by atoms with van der Waals surface area (Å²) in [5.74, 6) is 2.05. The molecule has 18 heavy (non-hydrogen) atoms. The summed E-state index contributed by atoms with van der Waals surface area (Å²) in [5.41, 5.74) is 1.73. The van der Waals surface area contributed by atoms with Crippen LogP contribution >= 0.6 is 0 Å². The summed E-state index contributed by atoms with van der Waals surface area (Å²) in [6.45, 7) is 1.16. The molecule has 0 radical (unpaired) electrons. The summed E-state index contributed by atoms with van der Waals surface area (Å²) in [6.07, 6.45) is 1.48. The van der Waals surface area contributed by atoms with E-state index in [4.69, 9.17) is 14.2 Å². The summed E-state index contributed by atoms with van der Waals surface area (Å²) in [7, 11) is 1.58. The lowest BCUT2D eigenvalue weighted by molar-refractivity contribution is 0.171. The zero-order valence-corrected chi connectivity index (χ0v) is 9.92. The Morgan fingerprint density at radius 2 is 1.89 bits per heavy atom. The van der Waals surface area contributed by atoms with Gasteiger partial charge in [0, 0.05) is 11.6 Å². The van der Waals surface area contributed by atoms with Crippen molar-refractivity contribution in [3.8, 4) is 28.6 Å². The molecule has 0 amide bonds. The molecule has 2 aromatic rings. The second kappa shape index (κ2) is 4.52. The first-order valence-electron chi connectivity index (χ1n) is 5.63. The topological polar surface area (TPSA) is 53.5 Å². The second-order valence-electron chi connectivity index (χ2n) is 3.80. The predicted octanol–water partition coefficient (Wildman–Crippen LogP) is 1.92. The molecule has 1 aromatic carbocycles. The Labute approximate surface area is 104 Å². The fraction of sp³-hybridized carbons (Fsp3) is 0.231. The van der Waals surface area contributed by atoms with Gasteiger partial charge in [-0.2, -0.15) is 0 Å². The lowest BCUT2D eigenvalue weighted by Gasteiger charge is -2.18. The molecule has 0 spiro atoms. The number of hydrogen-bond donors (Lipinski definition) is 0. The van der Waals surface area contributed by atoms with Crippen LogP contribution in [0.1, 0.15) is 0 Å². The van der Waals surface area contributed by atoms with Crippen molar-refractivity contribution >= 4 is 0 Å². The highest BCUT2D eigenvalue weighted by molar-refractivity contribution is 5.64. The smallest absolute Gasteiger partial charge is 0.216 e. The molecule has 2 heterocycles. The number of ether oxygens (including phenoxy) is 3. The van der Waals surface area contributed by atoms with E-state index in [1.165, 1.54) is 6.33 Å². The van der Waals surface area contributed by atoms with Crippen molar-refractivity contribution in [3.63, 3.8) is 0 Å². The van der Waals surface area contributed by atoms with E-state index in [1.54, 1.807) is 13.2 Å². The SMILES string of the molecule is COc1cc(-c2ccc3c(c2)OCCO3)ncn1. The Morgan fingerprint density at radius 3 is 2.72 bits per heavy atom. The van der Waals surface area contributed by atoms with Crippen molar-refractivity contribution in [2.24, 2.45) is 0 Å². The highest BCUT2D eigenvalue weighted by Gasteiger charge is 2.13. The van der Waals surface area contributed by atoms with Crippen LogP contribution in [0.5, 0.6) is 17.4 Å². The molecule has 0 saturated heterocycles. The minimum Gasteiger partial charge on any atom is -0.486 e. The maximum absolute atomic E-state index is 5.54. The maximum atomic E-state index is 5.54. The lowest BCUT2D eigenvalue weighted by Crippen LogP contribution is -2.15. The molecule has 0 saturated carbocycles. The van der Waals surface area contributed by atoms with Crippen molar-refractivity contribution in [3.05, 3.63) is 30.6 Å². The minimum absolute atomic E-state index is 0.537. The van der Waals surface area contributed by atoms with E-state index >= 15 is 0 Å². The summed E-state index contributed by atoms with van der Waals surface area (Å²) in [6, 6.07) is 7.52. The van der Waals surface area contributed by atoms with Gasteiger partial charge in [0.1, 0.15) is 19.5 Å². The summed E-state index contributed by atoms with van der Waals surface area (Å²) >= 11 is 0. The third-order valence-electron chi connectivity index (χ3n) is 2.69. The van der Waals surface area contributed by atoms with Crippen LogP contribution in [0.15, 0.2) is 30.6 Å². The highest BCUT2D eigenvalue weighted by Crippen LogP contribution is 2.34. The van der Waals surface area contributed by atoms with Crippen LogP contribution in [0.25, 0.3) is 11.3 Å². The van der Waals surface area contributed by atoms with Crippen molar-refractivity contribution < 1.29 is 14.2 Å². The molecular weight excluding hydrogens is 232 g/mol. The van der Waals surface area contributed by atoms with E-state index < -0.39 is 0 Å². The number of aromatic nitrogens is 2. The van der Waals surface area contributed by atoms with E-state index in [0.29, 0.717) is 19.1 Å². The van der Waals surface area contributed by atoms with Crippen molar-refractivity contribution in [2.45, 2.75) is 0 Å². The molecule has 5 heteroatoms. The van der Waals surface area contributed by atoms with Gasteiger partial charge >= 0.3 is 0 Å². The van der Waals surface area contributed by atoms with E-state index in [0.717, 1.165) is 22.8 Å². The van der Waals surface area contributed by atoms with Crippen molar-refractivity contribution in [1.29, 1.82) is 0 Å². The third-order valence-corrected chi connectivity index (χ3v) is 2.69. The van der Waals surface area contributed by atoms with Gasteiger partial charge in [-0.25, -0.2) is 9.97 Å². The Kier molecular flexibility index (Phi) is 2.72. The molecule has 0 bridgehead atoms. The van der Waals surface area contributed by atoms with Crippen LogP contribution in [0.4, 0.5) is 0 Å². The summed E-state index contributed by atoms with van der Waals surface area (Å²) in [5, 5.41) is 0. The van der Waals surface area contributed by atoms with E-state index in [9.17, 15) is 0 Å². The van der Waals surface area contributed by atoms with Crippen LogP contribution in [-0.2, 0) is 0 Å². The number of benzene rings is 1. The van der Waals surface area contributed by atoms with Gasteiger partial charge in [0.2, 0.25) is 5.88 Å². The van der Waals surface area contributed by atoms with Crippen LogP contribution < -0.4 is 14.2 Å². The maximum Gasteiger partial charge on any atom is 0.216 e. The molecule has 1 aliphatic heterocycles. The van der Waals surface area contributed by atoms with E-state index in [1.807, 2.05) is 18.2 Å². The third kappa shape index (κ3) is 1.95. The Morgan fingerprint density at radius 1 is 1.06 bits per heavy atom. The fourth-order valence-corrected chi connectivity index (χ4v) is 1.81. The Hall–Kier alpha value is -2.30. The van der Waals surface area contributed by atoms with Crippen LogP contribution in [0, 0.1) is 0 Å². The van der Waals surface area contributed by atoms with E-state index in [-0.39, 0.29) is 0 Å². The van der Waals surface area contributed by atoms with Gasteiger partial charge in [-0.05, 0) is 18.2 Å². The fourth-order valence-electron chi connectivity index (χ4n) is 1.81. The molecular formula is C13H12N2O3. The minimum atomic E-state index is 0.537. The number of methoxy groups -OCH3 is 1. The van der Waals surface area contributed by atoms with Gasteiger partial charge in [-0.15, -0.1) is 0 Å². The molecule has 1 aliphatic rings. The van der Waals surface area contributed by atoms with Crippen LogP contribution in [0.3, 0.4) is 0 Å². The number of fused-ring (bicyclic) bond motifs is 1. The Balaban J connectivity index is 2.00. The molecule has 0 N–H and O–H groups in total. The van der Waals surface area contributed by atoms with Crippen molar-refractivity contribution in [1.82, 2.24) is 9.97 Å². The zero-order valence-electron chi connectivity index (χ0n) is 9.92. The molecule has 5 nitrogen and oxygen atoms in total. The second-order valence-corrected chi connectivity index (χ2v) is 3.80. The lowest BCUT2D eigenvalue weighted by atomic mass is 10.1. The average molecular weight is 244 g/mol. The normalized spacial score (nSPS) is 13.2. The van der Waals surface area contributed by atoms with Gasteiger partial charge < -0.3 is 14.2 Å². The molecule has 3 rings (SSSR count). The number of rotatable bonds is 2. The van der Waals surface area contributed by atoms with Gasteiger partial charge in [0.05, 0.1) is 12.8 Å². The highest BCUT2D eigenvalue weighted by atomic mass is 16.6. The molecule has 1 aromatic heterocycles. The zero-order chi connectivity index (χ0) is 12.4. The number of nitrogens with zero attached hydrogens (tertiary/aromatic N) is 2. The standard InChI is InChI=1S/C13H12N2O3/c1-16-13-7-10(14-8-15-13)9-2-3-11-12(6-9)18-5-4-17-11/h2-3,6-8H,4-5H2,1H3.